The lowest BCUT2D eigenvalue weighted by Crippen LogP contribution is -2.11. The van der Waals surface area contributed by atoms with E-state index in [0.717, 1.165) is 23.1 Å². The van der Waals surface area contributed by atoms with Gasteiger partial charge < -0.3 is 5.11 Å². The van der Waals surface area contributed by atoms with E-state index in [2.05, 4.69) is 0 Å². The monoisotopic (exact) mass is 160 g/mol. The highest BCUT2D eigenvalue weighted by atomic mass is 16.3. The molecule has 62 valence electrons. The van der Waals surface area contributed by atoms with E-state index >= 15 is 0 Å². The number of aromatic hydroxyl groups is 1. The Bertz CT molecular complexity index is 305. The largest absolute Gasteiger partial charge is 0.508 e. The molecule has 1 rings (SSSR count). The topological polar surface area (TPSA) is 20.2 Å². The smallest absolute Gasteiger partial charge is 0.119 e. The van der Waals surface area contributed by atoms with Gasteiger partial charge >= 0.3 is 0 Å². The van der Waals surface area contributed by atoms with Gasteiger partial charge in [0.25, 0.3) is 0 Å². The molecule has 0 fully saturated rings. The van der Waals surface area contributed by atoms with Crippen LogP contribution in [0.4, 0.5) is 0 Å². The van der Waals surface area contributed by atoms with Crippen LogP contribution in [-0.2, 0) is 6.42 Å². The number of hydrogen-bond donors (Lipinski definition) is 1. The van der Waals surface area contributed by atoms with Gasteiger partial charge in [-0.1, -0.05) is 24.0 Å². The van der Waals surface area contributed by atoms with E-state index in [1.165, 1.54) is 0 Å². The van der Waals surface area contributed by atoms with Gasteiger partial charge in [-0.25, -0.2) is 0 Å². The van der Waals surface area contributed by atoms with Gasteiger partial charge in [-0.15, -0.1) is 0 Å². The molecule has 2 radical (unpaired) electrons. The molecule has 0 aliphatic rings. The molecule has 12 heavy (non-hydrogen) atoms. The van der Waals surface area contributed by atoms with Gasteiger partial charge in [0.1, 0.15) is 13.6 Å². The van der Waals surface area contributed by atoms with Crippen molar-refractivity contribution in [3.05, 3.63) is 22.8 Å². The van der Waals surface area contributed by atoms with Crippen molar-refractivity contribution in [2.45, 2.75) is 27.2 Å². The number of rotatable bonds is 1. The zero-order valence-corrected chi connectivity index (χ0v) is 7.81. The summed E-state index contributed by atoms with van der Waals surface area (Å²) >= 11 is 0. The van der Waals surface area contributed by atoms with Gasteiger partial charge in [-0.2, -0.15) is 0 Å². The minimum atomic E-state index is 0.251. The van der Waals surface area contributed by atoms with Gasteiger partial charge in [-0.05, 0) is 31.4 Å². The highest BCUT2D eigenvalue weighted by molar-refractivity contribution is 6.35. The fraction of sp³-hybridized carbons (Fsp3) is 0.400. The van der Waals surface area contributed by atoms with Crippen molar-refractivity contribution >= 4 is 13.3 Å². The van der Waals surface area contributed by atoms with Crippen LogP contribution in [0.2, 0.25) is 0 Å². The fourth-order valence-corrected chi connectivity index (χ4v) is 1.27. The van der Waals surface area contributed by atoms with Gasteiger partial charge in [0.15, 0.2) is 0 Å². The third-order valence-corrected chi connectivity index (χ3v) is 2.33. The van der Waals surface area contributed by atoms with Crippen LogP contribution >= 0.6 is 0 Å². The number of phenolic OH excluding ortho intramolecular Hbond substituents is 1. The summed E-state index contributed by atoms with van der Waals surface area (Å²) in [4.78, 5) is 0. The van der Waals surface area contributed by atoms with Crippen LogP contribution in [0.15, 0.2) is 6.07 Å². The molecule has 0 aliphatic heterocycles. The maximum atomic E-state index is 9.58. The Morgan fingerprint density at radius 2 is 2.00 bits per heavy atom. The average molecular weight is 160 g/mol. The summed E-state index contributed by atoms with van der Waals surface area (Å²) in [5, 5.41) is 9.58. The lowest BCUT2D eigenvalue weighted by atomic mass is 9.85. The second-order valence-corrected chi connectivity index (χ2v) is 3.09. The summed E-state index contributed by atoms with van der Waals surface area (Å²) in [6.07, 6.45) is 0.817. The molecule has 1 nitrogen and oxygen atoms in total. The molecule has 0 spiro atoms. The molecule has 1 N–H and O–H groups in total. The van der Waals surface area contributed by atoms with Gasteiger partial charge in [0, 0.05) is 0 Å². The Labute approximate surface area is 74.8 Å². The van der Waals surface area contributed by atoms with E-state index in [1.807, 2.05) is 26.8 Å². The van der Waals surface area contributed by atoms with Crippen LogP contribution in [0.5, 0.6) is 5.75 Å². The summed E-state index contributed by atoms with van der Waals surface area (Å²) in [5.74, 6) is 0.251. The number of phenols is 1. The van der Waals surface area contributed by atoms with Crippen LogP contribution in [0.1, 0.15) is 23.6 Å². The standard InChI is InChI=1S/C10H13BO/c1-4-8-5-6(2)7(3)9(11)10(8)12/h5,12H,4H2,1-3H3. The molecule has 0 atom stereocenters. The number of hydrogen-bond acceptors (Lipinski definition) is 1. The molecular formula is C10H13BO. The Morgan fingerprint density at radius 3 is 2.50 bits per heavy atom. The summed E-state index contributed by atoms with van der Waals surface area (Å²) < 4.78 is 0. The zero-order chi connectivity index (χ0) is 9.30. The molecule has 1 aromatic rings. The lowest BCUT2D eigenvalue weighted by Gasteiger charge is -2.11. The zero-order valence-electron chi connectivity index (χ0n) is 7.81. The fourth-order valence-electron chi connectivity index (χ4n) is 1.27. The van der Waals surface area contributed by atoms with Gasteiger partial charge in [0.05, 0.1) is 0 Å². The third-order valence-electron chi connectivity index (χ3n) is 2.33. The van der Waals surface area contributed by atoms with E-state index < -0.39 is 0 Å². The van der Waals surface area contributed by atoms with E-state index in [0.29, 0.717) is 5.46 Å². The molecule has 1 aromatic carbocycles. The van der Waals surface area contributed by atoms with Crippen LogP contribution in [-0.4, -0.2) is 13.0 Å². The predicted octanol–water partition coefficient (Wildman–Crippen LogP) is 1.37. The first-order valence-corrected chi connectivity index (χ1v) is 4.15. The van der Waals surface area contributed by atoms with Gasteiger partial charge in [0.2, 0.25) is 0 Å². The van der Waals surface area contributed by atoms with Crippen LogP contribution in [0, 0.1) is 13.8 Å². The summed E-state index contributed by atoms with van der Waals surface area (Å²) in [7, 11) is 5.71. The molecule has 0 aromatic heterocycles. The van der Waals surface area contributed by atoms with Crippen molar-refractivity contribution < 1.29 is 5.11 Å². The molecule has 2 heteroatoms. The lowest BCUT2D eigenvalue weighted by molar-refractivity contribution is 0.473. The first-order chi connectivity index (χ1) is 5.57. The van der Waals surface area contributed by atoms with Crippen molar-refractivity contribution in [1.29, 1.82) is 0 Å². The van der Waals surface area contributed by atoms with Crippen LogP contribution in [0.3, 0.4) is 0 Å². The van der Waals surface area contributed by atoms with E-state index in [4.69, 9.17) is 7.85 Å². The molecule has 0 saturated heterocycles. The second-order valence-electron chi connectivity index (χ2n) is 3.09. The van der Waals surface area contributed by atoms with Crippen molar-refractivity contribution in [2.24, 2.45) is 0 Å². The van der Waals surface area contributed by atoms with Gasteiger partial charge in [-0.3, -0.25) is 0 Å². The van der Waals surface area contributed by atoms with E-state index in [1.54, 1.807) is 0 Å². The van der Waals surface area contributed by atoms with Crippen LogP contribution < -0.4 is 5.46 Å². The van der Waals surface area contributed by atoms with Crippen LogP contribution in [0.25, 0.3) is 0 Å². The quantitative estimate of drug-likeness (QED) is 0.615. The van der Waals surface area contributed by atoms with Crippen molar-refractivity contribution in [3.63, 3.8) is 0 Å². The first kappa shape index (κ1) is 9.18. The minimum Gasteiger partial charge on any atom is -0.508 e. The SMILES string of the molecule is [B]c1c(C)c(C)cc(CC)c1O. The molecular weight excluding hydrogens is 147 g/mol. The molecule has 0 aliphatic carbocycles. The maximum Gasteiger partial charge on any atom is 0.119 e. The summed E-state index contributed by atoms with van der Waals surface area (Å²) in [6, 6.07) is 1.99. The Kier molecular flexibility index (Phi) is 2.46. The molecule has 0 saturated carbocycles. The highest BCUT2D eigenvalue weighted by Crippen LogP contribution is 2.18. The number of benzene rings is 1. The average Bonchev–Trinajstić information content (AvgIpc) is 2.08. The Morgan fingerprint density at radius 1 is 1.42 bits per heavy atom. The molecule has 0 bridgehead atoms. The number of aryl methyl sites for hydroxylation is 2. The predicted molar refractivity (Wildman–Crippen MR) is 52.3 cm³/mol. The van der Waals surface area contributed by atoms with Crippen molar-refractivity contribution in [2.75, 3.05) is 0 Å². The molecule has 0 heterocycles. The highest BCUT2D eigenvalue weighted by Gasteiger charge is 2.06. The normalized spacial score (nSPS) is 10.2. The van der Waals surface area contributed by atoms with Crippen molar-refractivity contribution in [1.82, 2.24) is 0 Å². The summed E-state index contributed by atoms with van der Waals surface area (Å²) in [5.41, 5.74) is 3.56. The minimum absolute atomic E-state index is 0.251. The first-order valence-electron chi connectivity index (χ1n) is 4.15. The van der Waals surface area contributed by atoms with Crippen molar-refractivity contribution in [3.8, 4) is 5.75 Å². The molecule has 0 unspecified atom stereocenters. The van der Waals surface area contributed by atoms with E-state index in [9.17, 15) is 5.11 Å². The summed E-state index contributed by atoms with van der Waals surface area (Å²) in [6.45, 7) is 5.93. The Balaban J connectivity index is 3.39. The second kappa shape index (κ2) is 3.22. The molecule has 0 amide bonds. The Hall–Kier alpha value is -0.915. The third kappa shape index (κ3) is 1.34. The van der Waals surface area contributed by atoms with E-state index in [-0.39, 0.29) is 5.75 Å². The maximum absolute atomic E-state index is 9.58.